The van der Waals surface area contributed by atoms with E-state index in [1.165, 1.54) is 0 Å². The fourth-order valence-electron chi connectivity index (χ4n) is 3.72. The van der Waals surface area contributed by atoms with Gasteiger partial charge in [0.1, 0.15) is 0 Å². The predicted molar refractivity (Wildman–Crippen MR) is 93.9 cm³/mol. The molecule has 1 spiro atoms. The number of likely N-dealkylation sites (tertiary alicyclic amines) is 1. The Labute approximate surface area is 149 Å². The Morgan fingerprint density at radius 2 is 2.20 bits per heavy atom. The summed E-state index contributed by atoms with van der Waals surface area (Å²) in [4.78, 5) is 33.6. The van der Waals surface area contributed by atoms with Crippen LogP contribution in [0.1, 0.15) is 38.7 Å². The molecule has 1 atom stereocenters. The first-order valence-electron chi connectivity index (χ1n) is 9.13. The Morgan fingerprint density at radius 1 is 1.36 bits per heavy atom. The zero-order chi connectivity index (χ0) is 17.9. The molecule has 0 radical (unpaired) electrons. The van der Waals surface area contributed by atoms with Crippen LogP contribution in [0.25, 0.3) is 0 Å². The zero-order valence-electron chi connectivity index (χ0n) is 15.1. The number of nitrogens with zero attached hydrogens (tertiary/aromatic N) is 3. The Kier molecular flexibility index (Phi) is 5.37. The van der Waals surface area contributed by atoms with Crippen molar-refractivity contribution in [1.82, 2.24) is 14.8 Å². The molecule has 25 heavy (non-hydrogen) atoms. The third-order valence-corrected chi connectivity index (χ3v) is 5.12. The second-order valence-electron chi connectivity index (χ2n) is 7.25. The summed E-state index contributed by atoms with van der Waals surface area (Å²) >= 11 is 0. The van der Waals surface area contributed by atoms with Gasteiger partial charge in [-0.2, -0.15) is 0 Å². The van der Waals surface area contributed by atoms with Crippen LogP contribution in [0.2, 0.25) is 0 Å². The van der Waals surface area contributed by atoms with Crippen molar-refractivity contribution < 1.29 is 14.3 Å². The predicted octanol–water partition coefficient (Wildman–Crippen LogP) is 1.64. The van der Waals surface area contributed by atoms with Gasteiger partial charge in [0.25, 0.3) is 5.91 Å². The summed E-state index contributed by atoms with van der Waals surface area (Å²) in [6, 6.07) is 3.88. The molecule has 0 N–H and O–H groups in total. The Bertz CT molecular complexity index is 620. The SMILES string of the molecule is CC(C)N1CCCCC2(CN(C(=O)Cc3cccnc3)CCO2)C1=O. The summed E-state index contributed by atoms with van der Waals surface area (Å²) in [6.45, 7) is 6.14. The topological polar surface area (TPSA) is 62.7 Å². The fraction of sp³-hybridized carbons (Fsp3) is 0.632. The van der Waals surface area contributed by atoms with Crippen molar-refractivity contribution in [3.05, 3.63) is 30.1 Å². The Balaban J connectivity index is 1.74. The minimum Gasteiger partial charge on any atom is -0.361 e. The van der Waals surface area contributed by atoms with E-state index in [1.807, 2.05) is 30.9 Å². The summed E-state index contributed by atoms with van der Waals surface area (Å²) in [5.74, 6) is 0.0719. The average Bonchev–Trinajstić information content (AvgIpc) is 2.76. The van der Waals surface area contributed by atoms with Crippen molar-refractivity contribution >= 4 is 11.8 Å². The molecule has 6 heteroatoms. The van der Waals surface area contributed by atoms with E-state index in [1.54, 1.807) is 17.3 Å². The van der Waals surface area contributed by atoms with Gasteiger partial charge in [-0.1, -0.05) is 6.07 Å². The van der Waals surface area contributed by atoms with Gasteiger partial charge in [0.2, 0.25) is 5.91 Å². The minimum absolute atomic E-state index is 0.0313. The van der Waals surface area contributed by atoms with Crippen LogP contribution < -0.4 is 0 Å². The highest BCUT2D eigenvalue weighted by molar-refractivity contribution is 5.87. The molecule has 1 aromatic rings. The highest BCUT2D eigenvalue weighted by atomic mass is 16.5. The van der Waals surface area contributed by atoms with Crippen LogP contribution in [-0.4, -0.2) is 64.5 Å². The van der Waals surface area contributed by atoms with E-state index >= 15 is 0 Å². The number of aromatic nitrogens is 1. The van der Waals surface area contributed by atoms with Gasteiger partial charge in [-0.15, -0.1) is 0 Å². The second kappa shape index (κ2) is 7.52. The smallest absolute Gasteiger partial charge is 0.256 e. The molecular weight excluding hydrogens is 318 g/mol. The molecule has 0 saturated carbocycles. The van der Waals surface area contributed by atoms with E-state index in [-0.39, 0.29) is 17.9 Å². The van der Waals surface area contributed by atoms with Crippen LogP contribution >= 0.6 is 0 Å². The number of ether oxygens (including phenoxy) is 1. The molecule has 0 aliphatic carbocycles. The zero-order valence-corrected chi connectivity index (χ0v) is 15.1. The van der Waals surface area contributed by atoms with Crippen LogP contribution in [0.4, 0.5) is 0 Å². The van der Waals surface area contributed by atoms with Gasteiger partial charge < -0.3 is 14.5 Å². The largest absolute Gasteiger partial charge is 0.361 e. The standard InChI is InChI=1S/C19H27N3O3/c1-15(2)22-9-4-3-7-19(18(22)24)14-21(10-11-25-19)17(23)12-16-6-5-8-20-13-16/h5-6,8,13,15H,3-4,7,9-12,14H2,1-2H3. The van der Waals surface area contributed by atoms with E-state index in [9.17, 15) is 9.59 Å². The van der Waals surface area contributed by atoms with E-state index in [2.05, 4.69) is 4.98 Å². The van der Waals surface area contributed by atoms with Crippen molar-refractivity contribution in [1.29, 1.82) is 0 Å². The number of rotatable bonds is 3. The number of hydrogen-bond donors (Lipinski definition) is 0. The lowest BCUT2D eigenvalue weighted by molar-refractivity contribution is -0.175. The van der Waals surface area contributed by atoms with Crippen LogP contribution in [0.3, 0.4) is 0 Å². The first kappa shape index (κ1) is 17.9. The first-order chi connectivity index (χ1) is 12.0. The molecular formula is C19H27N3O3. The molecule has 2 aliphatic rings. The third-order valence-electron chi connectivity index (χ3n) is 5.12. The lowest BCUT2D eigenvalue weighted by Gasteiger charge is -2.43. The quantitative estimate of drug-likeness (QED) is 0.835. The summed E-state index contributed by atoms with van der Waals surface area (Å²) in [5.41, 5.74) is 0.0212. The average molecular weight is 345 g/mol. The van der Waals surface area contributed by atoms with Gasteiger partial charge in [0.15, 0.2) is 5.60 Å². The summed E-state index contributed by atoms with van der Waals surface area (Å²) in [6.07, 6.45) is 6.34. The van der Waals surface area contributed by atoms with Crippen molar-refractivity contribution in [2.24, 2.45) is 0 Å². The molecule has 0 bridgehead atoms. The third kappa shape index (κ3) is 3.84. The molecule has 6 nitrogen and oxygen atoms in total. The summed E-state index contributed by atoms with van der Waals surface area (Å²) in [5, 5.41) is 0. The van der Waals surface area contributed by atoms with Gasteiger partial charge in [0.05, 0.1) is 19.6 Å². The molecule has 2 fully saturated rings. The molecule has 2 amide bonds. The van der Waals surface area contributed by atoms with Crippen molar-refractivity contribution in [2.75, 3.05) is 26.2 Å². The van der Waals surface area contributed by atoms with Crippen molar-refractivity contribution in [3.63, 3.8) is 0 Å². The molecule has 3 rings (SSSR count). The van der Waals surface area contributed by atoms with Gasteiger partial charge in [-0.25, -0.2) is 0 Å². The van der Waals surface area contributed by atoms with Crippen LogP contribution in [0.15, 0.2) is 24.5 Å². The second-order valence-corrected chi connectivity index (χ2v) is 7.25. The van der Waals surface area contributed by atoms with E-state index in [0.29, 0.717) is 32.5 Å². The summed E-state index contributed by atoms with van der Waals surface area (Å²) < 4.78 is 6.01. The fourth-order valence-corrected chi connectivity index (χ4v) is 3.72. The minimum atomic E-state index is -0.871. The van der Waals surface area contributed by atoms with Crippen molar-refractivity contribution in [3.8, 4) is 0 Å². The molecule has 1 aromatic heterocycles. The van der Waals surface area contributed by atoms with E-state index < -0.39 is 5.60 Å². The van der Waals surface area contributed by atoms with Gasteiger partial charge in [0, 0.05) is 31.5 Å². The Morgan fingerprint density at radius 3 is 2.92 bits per heavy atom. The van der Waals surface area contributed by atoms with E-state index in [4.69, 9.17) is 4.74 Å². The first-order valence-corrected chi connectivity index (χ1v) is 9.13. The van der Waals surface area contributed by atoms with Crippen molar-refractivity contribution in [2.45, 2.75) is 51.2 Å². The number of carbonyl (C=O) groups is 2. The number of carbonyl (C=O) groups excluding carboxylic acids is 2. The number of amides is 2. The molecule has 136 valence electrons. The maximum absolute atomic E-state index is 13.1. The van der Waals surface area contributed by atoms with Gasteiger partial charge in [-0.05, 0) is 44.7 Å². The molecule has 2 saturated heterocycles. The van der Waals surface area contributed by atoms with Crippen LogP contribution in [0, 0.1) is 0 Å². The van der Waals surface area contributed by atoms with Crippen LogP contribution in [0.5, 0.6) is 0 Å². The molecule has 1 unspecified atom stereocenters. The van der Waals surface area contributed by atoms with Gasteiger partial charge >= 0.3 is 0 Å². The number of morpholine rings is 1. The lowest BCUT2D eigenvalue weighted by Crippen LogP contribution is -2.61. The monoisotopic (exact) mass is 345 g/mol. The van der Waals surface area contributed by atoms with Gasteiger partial charge in [-0.3, -0.25) is 14.6 Å². The molecule has 0 aromatic carbocycles. The Hall–Kier alpha value is -1.95. The number of pyridine rings is 1. The highest BCUT2D eigenvalue weighted by Crippen LogP contribution is 2.31. The maximum atomic E-state index is 13.1. The number of hydrogen-bond acceptors (Lipinski definition) is 4. The normalized spacial score (nSPS) is 24.7. The highest BCUT2D eigenvalue weighted by Gasteiger charge is 2.48. The lowest BCUT2D eigenvalue weighted by atomic mass is 9.93. The summed E-state index contributed by atoms with van der Waals surface area (Å²) in [7, 11) is 0. The molecule has 3 heterocycles. The molecule has 2 aliphatic heterocycles. The van der Waals surface area contributed by atoms with E-state index in [0.717, 1.165) is 24.9 Å². The van der Waals surface area contributed by atoms with Crippen LogP contribution in [-0.2, 0) is 20.7 Å². The maximum Gasteiger partial charge on any atom is 0.256 e.